The van der Waals surface area contributed by atoms with Crippen molar-refractivity contribution in [2.75, 3.05) is 0 Å². The molecule has 0 bridgehead atoms. The molecule has 6 atom stereocenters. The van der Waals surface area contributed by atoms with Gasteiger partial charge in [-0.1, -0.05) is 132 Å². The number of rotatable bonds is 18. The maximum Gasteiger partial charge on any atom is 0.0571 e. The lowest BCUT2D eigenvalue weighted by molar-refractivity contribution is -0.0209. The van der Waals surface area contributed by atoms with Crippen molar-refractivity contribution >= 4 is 0 Å². The summed E-state index contributed by atoms with van der Waals surface area (Å²) in [5.74, 6) is 6.34. The van der Waals surface area contributed by atoms with Crippen molar-refractivity contribution in [2.24, 2.45) is 52.8 Å². The molecule has 2 fully saturated rings. The molecule has 0 radical (unpaired) electrons. The average Bonchev–Trinajstić information content (AvgIpc) is 2.90. The molecule has 1 nitrogen and oxygen atoms in total. The van der Waals surface area contributed by atoms with Crippen LogP contribution in [0.15, 0.2) is 0 Å². The molecular formula is C37H72O. The summed E-state index contributed by atoms with van der Waals surface area (Å²) in [6.07, 6.45) is 26.0. The van der Waals surface area contributed by atoms with Crippen LogP contribution >= 0.6 is 0 Å². The number of hydrogen-bond donors (Lipinski definition) is 1. The second-order valence-corrected chi connectivity index (χ2v) is 15.3. The maximum absolute atomic E-state index is 11.5. The lowest BCUT2D eigenvalue weighted by Gasteiger charge is -2.49. The third-order valence-electron chi connectivity index (χ3n) is 11.9. The largest absolute Gasteiger partial charge is 0.393 e. The molecular weight excluding hydrogens is 460 g/mol. The summed E-state index contributed by atoms with van der Waals surface area (Å²) in [5, 5.41) is 11.5. The Morgan fingerprint density at radius 3 is 2.08 bits per heavy atom. The maximum atomic E-state index is 11.5. The van der Waals surface area contributed by atoms with Crippen molar-refractivity contribution in [1.29, 1.82) is 0 Å². The zero-order valence-corrected chi connectivity index (χ0v) is 27.6. The van der Waals surface area contributed by atoms with Crippen LogP contribution in [0.25, 0.3) is 0 Å². The van der Waals surface area contributed by atoms with E-state index in [0.29, 0.717) is 17.3 Å². The van der Waals surface area contributed by atoms with E-state index in [1.54, 1.807) is 0 Å². The quantitative estimate of drug-likeness (QED) is 0.174. The number of hydrogen-bond acceptors (Lipinski definition) is 1. The van der Waals surface area contributed by atoms with Gasteiger partial charge in [0.1, 0.15) is 0 Å². The first kappa shape index (κ1) is 34.2. The Morgan fingerprint density at radius 2 is 1.50 bits per heavy atom. The SMILES string of the molecule is CCCCC(CC)CCCCC1CCC([C@](CCC(O)C2CC(C)CCC2CC)(CC(C)C)C(C)C)CC1. The van der Waals surface area contributed by atoms with Gasteiger partial charge in [-0.3, -0.25) is 0 Å². The molecule has 2 rings (SSSR count). The second-order valence-electron chi connectivity index (χ2n) is 15.3. The minimum Gasteiger partial charge on any atom is -0.393 e. The van der Waals surface area contributed by atoms with Crippen LogP contribution in [-0.4, -0.2) is 11.2 Å². The Morgan fingerprint density at radius 1 is 0.816 bits per heavy atom. The van der Waals surface area contributed by atoms with Gasteiger partial charge >= 0.3 is 0 Å². The van der Waals surface area contributed by atoms with Gasteiger partial charge in [0.05, 0.1) is 6.10 Å². The number of aliphatic hydroxyl groups excluding tert-OH is 1. The Hall–Kier alpha value is -0.0400. The van der Waals surface area contributed by atoms with Crippen molar-refractivity contribution < 1.29 is 5.11 Å². The topological polar surface area (TPSA) is 20.2 Å². The molecule has 0 heterocycles. The van der Waals surface area contributed by atoms with E-state index in [9.17, 15) is 5.11 Å². The van der Waals surface area contributed by atoms with Crippen LogP contribution in [0, 0.1) is 52.8 Å². The van der Waals surface area contributed by atoms with E-state index in [1.165, 1.54) is 116 Å². The number of aliphatic hydroxyl groups is 1. The highest BCUT2D eigenvalue weighted by molar-refractivity contribution is 4.94. The highest BCUT2D eigenvalue weighted by Crippen LogP contribution is 2.53. The Kier molecular flexibility index (Phi) is 15.9. The van der Waals surface area contributed by atoms with E-state index in [-0.39, 0.29) is 6.10 Å². The molecule has 2 saturated carbocycles. The van der Waals surface area contributed by atoms with Gasteiger partial charge in [-0.25, -0.2) is 0 Å². The summed E-state index contributed by atoms with van der Waals surface area (Å²) in [6.45, 7) is 19.4. The van der Waals surface area contributed by atoms with Crippen molar-refractivity contribution in [3.8, 4) is 0 Å². The van der Waals surface area contributed by atoms with Crippen molar-refractivity contribution in [3.05, 3.63) is 0 Å². The van der Waals surface area contributed by atoms with Gasteiger partial charge in [-0.05, 0) is 97.7 Å². The van der Waals surface area contributed by atoms with Gasteiger partial charge in [0.25, 0.3) is 0 Å². The summed E-state index contributed by atoms with van der Waals surface area (Å²) in [5.41, 5.74) is 0.412. The molecule has 5 unspecified atom stereocenters. The first-order valence-corrected chi connectivity index (χ1v) is 17.8. The molecule has 2 aliphatic rings. The number of unbranched alkanes of at least 4 members (excludes halogenated alkanes) is 2. The van der Waals surface area contributed by atoms with E-state index in [2.05, 4.69) is 55.4 Å². The van der Waals surface area contributed by atoms with Crippen molar-refractivity contribution in [1.82, 2.24) is 0 Å². The first-order chi connectivity index (χ1) is 18.2. The third kappa shape index (κ3) is 10.4. The monoisotopic (exact) mass is 533 g/mol. The molecule has 0 spiro atoms. The van der Waals surface area contributed by atoms with E-state index >= 15 is 0 Å². The molecule has 0 aromatic carbocycles. The van der Waals surface area contributed by atoms with Crippen LogP contribution in [-0.2, 0) is 0 Å². The van der Waals surface area contributed by atoms with Crippen LogP contribution in [0.2, 0.25) is 0 Å². The highest BCUT2D eigenvalue weighted by atomic mass is 16.3. The Bertz CT molecular complexity index is 588. The Labute approximate surface area is 241 Å². The normalized spacial score (nSPS) is 29.9. The molecule has 0 amide bonds. The average molecular weight is 533 g/mol. The predicted octanol–water partition coefficient (Wildman–Crippen LogP) is 11.9. The fourth-order valence-corrected chi connectivity index (χ4v) is 9.26. The summed E-state index contributed by atoms with van der Waals surface area (Å²) < 4.78 is 0. The zero-order chi connectivity index (χ0) is 28.1. The molecule has 2 aliphatic carbocycles. The minimum absolute atomic E-state index is 0.0893. The van der Waals surface area contributed by atoms with E-state index in [0.717, 1.165) is 41.9 Å². The molecule has 0 aliphatic heterocycles. The summed E-state index contributed by atoms with van der Waals surface area (Å²) in [6, 6.07) is 0. The van der Waals surface area contributed by atoms with Crippen LogP contribution < -0.4 is 0 Å². The molecule has 38 heavy (non-hydrogen) atoms. The van der Waals surface area contributed by atoms with E-state index < -0.39 is 0 Å². The van der Waals surface area contributed by atoms with Crippen molar-refractivity contribution in [3.63, 3.8) is 0 Å². The summed E-state index contributed by atoms with van der Waals surface area (Å²) in [7, 11) is 0. The van der Waals surface area contributed by atoms with Gasteiger partial charge in [0, 0.05) is 0 Å². The van der Waals surface area contributed by atoms with E-state index in [1.807, 2.05) is 0 Å². The second kappa shape index (κ2) is 17.7. The van der Waals surface area contributed by atoms with Crippen LogP contribution in [0.1, 0.15) is 177 Å². The van der Waals surface area contributed by atoms with Gasteiger partial charge in [0.2, 0.25) is 0 Å². The summed E-state index contributed by atoms with van der Waals surface area (Å²) >= 11 is 0. The summed E-state index contributed by atoms with van der Waals surface area (Å²) in [4.78, 5) is 0. The van der Waals surface area contributed by atoms with E-state index in [4.69, 9.17) is 0 Å². The standard InChI is InChI=1S/C37H72O/c1-9-12-15-31(10-2)16-13-14-17-32-19-22-34(23-20-32)37(29(6)7,27-28(4)5)25-24-36(38)35-26-30(8)18-21-33(35)11-3/h28-36,38H,9-27H2,1-8H3/t30?,31?,32?,33?,34?,35?,36?,37-/m1/s1. The van der Waals surface area contributed by atoms with Gasteiger partial charge in [-0.15, -0.1) is 0 Å². The molecule has 226 valence electrons. The van der Waals surface area contributed by atoms with Gasteiger partial charge in [0.15, 0.2) is 0 Å². The van der Waals surface area contributed by atoms with Gasteiger partial charge in [-0.2, -0.15) is 0 Å². The van der Waals surface area contributed by atoms with Crippen LogP contribution in [0.3, 0.4) is 0 Å². The van der Waals surface area contributed by atoms with Gasteiger partial charge < -0.3 is 5.11 Å². The fraction of sp³-hybridized carbons (Fsp3) is 1.00. The lowest BCUT2D eigenvalue weighted by Crippen LogP contribution is -2.41. The molecule has 0 saturated heterocycles. The predicted molar refractivity (Wildman–Crippen MR) is 169 cm³/mol. The van der Waals surface area contributed by atoms with Crippen molar-refractivity contribution in [2.45, 2.75) is 183 Å². The zero-order valence-electron chi connectivity index (χ0n) is 27.6. The third-order valence-corrected chi connectivity index (χ3v) is 11.9. The molecule has 1 N–H and O–H groups in total. The smallest absolute Gasteiger partial charge is 0.0571 e. The molecule has 0 aromatic heterocycles. The lowest BCUT2D eigenvalue weighted by atomic mass is 9.56. The van der Waals surface area contributed by atoms with Crippen LogP contribution in [0.5, 0.6) is 0 Å². The minimum atomic E-state index is -0.0893. The Balaban J connectivity index is 1.93. The first-order valence-electron chi connectivity index (χ1n) is 17.8. The van der Waals surface area contributed by atoms with Crippen LogP contribution in [0.4, 0.5) is 0 Å². The highest BCUT2D eigenvalue weighted by Gasteiger charge is 2.44. The molecule has 1 heteroatoms. The fourth-order valence-electron chi connectivity index (χ4n) is 9.26. The molecule has 0 aromatic rings.